The molecule has 2 amide bonds. The molecule has 29 heavy (non-hydrogen) atoms. The highest BCUT2D eigenvalue weighted by atomic mass is 19.1. The zero-order chi connectivity index (χ0) is 21.6. The summed E-state index contributed by atoms with van der Waals surface area (Å²) >= 11 is 0. The third-order valence-electron chi connectivity index (χ3n) is 4.63. The molecule has 0 saturated carbocycles. The molecule has 0 aromatic heterocycles. The van der Waals surface area contributed by atoms with Crippen molar-refractivity contribution in [1.82, 2.24) is 10.2 Å². The Labute approximate surface area is 173 Å². The van der Waals surface area contributed by atoms with E-state index in [0.717, 1.165) is 16.7 Å². The van der Waals surface area contributed by atoms with Crippen LogP contribution in [0.5, 0.6) is 0 Å². The number of nitrogens with one attached hydrogen (secondary N) is 1. The van der Waals surface area contributed by atoms with Crippen molar-refractivity contribution in [3.63, 3.8) is 0 Å². The first kappa shape index (κ1) is 22.6. The lowest BCUT2D eigenvalue weighted by atomic mass is 10.0. The number of hydrogen-bond acceptors (Lipinski definition) is 2. The van der Waals surface area contributed by atoms with E-state index < -0.39 is 11.6 Å². The molecule has 0 spiro atoms. The van der Waals surface area contributed by atoms with E-state index in [-0.39, 0.29) is 30.6 Å². The summed E-state index contributed by atoms with van der Waals surface area (Å²) in [6.07, 6.45) is 0.698. The first-order valence-electron chi connectivity index (χ1n) is 10.0. The molecule has 2 rings (SSSR count). The molecule has 0 saturated heterocycles. The number of hydrogen-bond donors (Lipinski definition) is 1. The molecule has 0 heterocycles. The number of halogens is 1. The van der Waals surface area contributed by atoms with Crippen LogP contribution < -0.4 is 5.32 Å². The minimum atomic E-state index is -0.600. The molecular weight excluding hydrogens is 367 g/mol. The molecule has 0 bridgehead atoms. The molecule has 1 N–H and O–H groups in total. The second-order valence-corrected chi connectivity index (χ2v) is 8.47. The molecular formula is C24H31FN2O2. The van der Waals surface area contributed by atoms with Gasteiger partial charge in [-0.3, -0.25) is 9.59 Å². The number of rotatable bonds is 7. The maximum absolute atomic E-state index is 13.3. The summed E-state index contributed by atoms with van der Waals surface area (Å²) in [7, 11) is 0. The average molecular weight is 399 g/mol. The van der Waals surface area contributed by atoms with Gasteiger partial charge in [0.05, 0.1) is 6.42 Å². The van der Waals surface area contributed by atoms with Crippen LogP contribution in [0.15, 0.2) is 48.5 Å². The Morgan fingerprint density at radius 2 is 1.55 bits per heavy atom. The Hall–Kier alpha value is -2.69. The number of amides is 2. The van der Waals surface area contributed by atoms with Crippen LogP contribution in [0, 0.1) is 12.7 Å². The molecule has 2 aromatic rings. The summed E-state index contributed by atoms with van der Waals surface area (Å²) in [6, 6.07) is 13.2. The fourth-order valence-corrected chi connectivity index (χ4v) is 3.14. The van der Waals surface area contributed by atoms with Crippen LogP contribution >= 0.6 is 0 Å². The Balaban J connectivity index is 2.29. The highest BCUT2D eigenvalue weighted by Crippen LogP contribution is 2.16. The zero-order valence-electron chi connectivity index (χ0n) is 18.0. The number of benzene rings is 2. The number of carbonyl (C=O) groups is 2. The molecule has 0 radical (unpaired) electrons. The van der Waals surface area contributed by atoms with Crippen LogP contribution in [-0.2, 0) is 22.6 Å². The Bertz CT molecular complexity index is 823. The smallest absolute Gasteiger partial charge is 0.243 e. The number of aryl methyl sites for hydroxylation is 1. The van der Waals surface area contributed by atoms with Crippen molar-refractivity contribution in [2.75, 3.05) is 0 Å². The molecule has 2 aromatic carbocycles. The van der Waals surface area contributed by atoms with Crippen LogP contribution in [0.2, 0.25) is 0 Å². The second-order valence-electron chi connectivity index (χ2n) is 8.47. The minimum Gasteiger partial charge on any atom is -0.350 e. The van der Waals surface area contributed by atoms with Gasteiger partial charge < -0.3 is 10.2 Å². The lowest BCUT2D eigenvalue weighted by Crippen LogP contribution is -2.53. The van der Waals surface area contributed by atoms with Gasteiger partial charge in [0.1, 0.15) is 11.9 Å². The third kappa shape index (κ3) is 7.00. The van der Waals surface area contributed by atoms with Gasteiger partial charge in [0.25, 0.3) is 0 Å². The predicted octanol–water partition coefficient (Wildman–Crippen LogP) is 4.40. The van der Waals surface area contributed by atoms with E-state index in [1.807, 2.05) is 58.9 Å². The summed E-state index contributed by atoms with van der Waals surface area (Å²) in [6.45, 7) is 9.88. The van der Waals surface area contributed by atoms with Gasteiger partial charge in [0, 0.05) is 12.1 Å². The third-order valence-corrected chi connectivity index (χ3v) is 4.63. The Morgan fingerprint density at radius 3 is 2.07 bits per heavy atom. The van der Waals surface area contributed by atoms with Crippen LogP contribution in [0.3, 0.4) is 0 Å². The minimum absolute atomic E-state index is 0.130. The molecule has 0 fully saturated rings. The van der Waals surface area contributed by atoms with E-state index in [1.54, 1.807) is 17.0 Å². The Kier molecular flexibility index (Phi) is 7.54. The molecule has 0 aliphatic heterocycles. The average Bonchev–Trinajstić information content (AvgIpc) is 2.63. The summed E-state index contributed by atoms with van der Waals surface area (Å²) in [4.78, 5) is 27.7. The molecule has 0 unspecified atom stereocenters. The molecule has 0 aliphatic carbocycles. The van der Waals surface area contributed by atoms with Crippen molar-refractivity contribution < 1.29 is 14.0 Å². The second kappa shape index (κ2) is 9.68. The van der Waals surface area contributed by atoms with Gasteiger partial charge in [0.15, 0.2) is 0 Å². The molecule has 0 aliphatic rings. The number of carbonyl (C=O) groups excluding carboxylic acids is 2. The monoisotopic (exact) mass is 398 g/mol. The maximum Gasteiger partial charge on any atom is 0.243 e. The predicted molar refractivity (Wildman–Crippen MR) is 114 cm³/mol. The van der Waals surface area contributed by atoms with Gasteiger partial charge in [-0.05, 0) is 57.4 Å². The topological polar surface area (TPSA) is 49.4 Å². The molecule has 4 nitrogen and oxygen atoms in total. The quantitative estimate of drug-likeness (QED) is 0.752. The van der Waals surface area contributed by atoms with Crippen molar-refractivity contribution in [2.45, 2.75) is 65.6 Å². The van der Waals surface area contributed by atoms with Crippen molar-refractivity contribution in [2.24, 2.45) is 0 Å². The fraction of sp³-hybridized carbons (Fsp3) is 0.417. The summed E-state index contributed by atoms with van der Waals surface area (Å²) < 4.78 is 13.3. The van der Waals surface area contributed by atoms with E-state index in [0.29, 0.717) is 6.42 Å². The summed E-state index contributed by atoms with van der Waals surface area (Å²) in [5.74, 6) is -0.641. The van der Waals surface area contributed by atoms with Crippen LogP contribution in [0.25, 0.3) is 0 Å². The molecule has 5 heteroatoms. The van der Waals surface area contributed by atoms with Crippen molar-refractivity contribution in [1.29, 1.82) is 0 Å². The van der Waals surface area contributed by atoms with E-state index in [4.69, 9.17) is 0 Å². The summed E-state index contributed by atoms with van der Waals surface area (Å²) in [5.41, 5.74) is 2.41. The van der Waals surface area contributed by atoms with Gasteiger partial charge in [-0.25, -0.2) is 4.39 Å². The first-order valence-corrected chi connectivity index (χ1v) is 10.0. The van der Waals surface area contributed by atoms with Gasteiger partial charge in [0.2, 0.25) is 11.8 Å². The normalized spacial score (nSPS) is 12.3. The largest absolute Gasteiger partial charge is 0.350 e. The van der Waals surface area contributed by atoms with E-state index in [2.05, 4.69) is 5.32 Å². The Morgan fingerprint density at radius 1 is 1.00 bits per heavy atom. The highest BCUT2D eigenvalue weighted by molar-refractivity contribution is 5.88. The van der Waals surface area contributed by atoms with Crippen LogP contribution in [0.4, 0.5) is 4.39 Å². The maximum atomic E-state index is 13.3. The van der Waals surface area contributed by atoms with Crippen LogP contribution in [-0.4, -0.2) is 28.3 Å². The van der Waals surface area contributed by atoms with E-state index >= 15 is 0 Å². The molecule has 1 atom stereocenters. The van der Waals surface area contributed by atoms with Crippen LogP contribution in [0.1, 0.15) is 50.8 Å². The van der Waals surface area contributed by atoms with Crippen molar-refractivity contribution in [3.8, 4) is 0 Å². The molecule has 156 valence electrons. The SMILES string of the molecule is CC[C@H](C(=O)NC(C)(C)C)N(Cc1ccc(F)cc1)C(=O)Cc1ccc(C)cc1. The van der Waals surface area contributed by atoms with Gasteiger partial charge in [-0.2, -0.15) is 0 Å². The zero-order valence-corrected chi connectivity index (χ0v) is 18.0. The lowest BCUT2D eigenvalue weighted by molar-refractivity contribution is -0.141. The van der Waals surface area contributed by atoms with Gasteiger partial charge in [-0.1, -0.05) is 48.9 Å². The fourth-order valence-electron chi connectivity index (χ4n) is 3.14. The van der Waals surface area contributed by atoms with Crippen molar-refractivity contribution >= 4 is 11.8 Å². The standard InChI is InChI=1S/C24H31FN2O2/c1-6-21(23(29)26-24(3,4)5)27(16-19-11-13-20(25)14-12-19)22(28)15-18-9-7-17(2)8-10-18/h7-14,21H,6,15-16H2,1-5H3,(H,26,29)/t21-/m1/s1. The summed E-state index contributed by atoms with van der Waals surface area (Å²) in [5, 5.41) is 2.98. The van der Waals surface area contributed by atoms with E-state index in [9.17, 15) is 14.0 Å². The highest BCUT2D eigenvalue weighted by Gasteiger charge is 2.30. The van der Waals surface area contributed by atoms with Gasteiger partial charge in [-0.15, -0.1) is 0 Å². The first-order chi connectivity index (χ1) is 13.6. The lowest BCUT2D eigenvalue weighted by Gasteiger charge is -2.33. The van der Waals surface area contributed by atoms with Gasteiger partial charge >= 0.3 is 0 Å². The number of nitrogens with zero attached hydrogens (tertiary/aromatic N) is 1. The van der Waals surface area contributed by atoms with Crippen molar-refractivity contribution in [3.05, 3.63) is 71.0 Å². The van der Waals surface area contributed by atoms with E-state index in [1.165, 1.54) is 12.1 Å².